The van der Waals surface area contributed by atoms with Crippen LogP contribution in [0.3, 0.4) is 0 Å². The van der Waals surface area contributed by atoms with Crippen LogP contribution in [0.5, 0.6) is 0 Å². The quantitative estimate of drug-likeness (QED) is 0.585. The molecule has 2 unspecified atom stereocenters. The summed E-state index contributed by atoms with van der Waals surface area (Å²) in [5.74, 6) is 9.35. The molecule has 1 heterocycles. The second kappa shape index (κ2) is 5.18. The molecule has 1 aliphatic rings. The topological polar surface area (TPSA) is 0 Å². The van der Waals surface area contributed by atoms with Crippen molar-refractivity contribution in [1.82, 2.24) is 0 Å². The van der Waals surface area contributed by atoms with E-state index in [0.29, 0.717) is 11.8 Å². The lowest BCUT2D eigenvalue weighted by Gasteiger charge is -2.26. The lowest BCUT2D eigenvalue weighted by molar-refractivity contribution is 0.424. The second-order valence-electron chi connectivity index (χ2n) is 3.32. The monoisotopic (exact) mass is 178 g/mol. The Morgan fingerprint density at radius 3 is 2.00 bits per heavy atom. The molecular formula is C11H14S. The first kappa shape index (κ1) is 9.56. The molecule has 1 fully saturated rings. The number of thioether (sulfide) groups is 1. The maximum Gasteiger partial charge on any atom is 0.0122 e. The van der Waals surface area contributed by atoms with Crippen LogP contribution in [0.2, 0.25) is 0 Å². The van der Waals surface area contributed by atoms with Gasteiger partial charge in [-0.25, -0.2) is 0 Å². The average Bonchev–Trinajstić information content (AvgIpc) is 2.06. The molecule has 2 atom stereocenters. The molecule has 0 aromatic heterocycles. The van der Waals surface area contributed by atoms with Crippen LogP contribution in [-0.4, -0.2) is 11.5 Å². The number of hydrogen-bond acceptors (Lipinski definition) is 1. The summed E-state index contributed by atoms with van der Waals surface area (Å²) in [6.45, 7) is 0. The predicted octanol–water partition coefficient (Wildman–Crippen LogP) is 2.40. The van der Waals surface area contributed by atoms with Crippen molar-refractivity contribution in [2.45, 2.75) is 19.3 Å². The smallest absolute Gasteiger partial charge is 0.0122 e. The SMILES string of the molecule is C#CCC1CSCC(CC#C)C1. The fraction of sp³-hybridized carbons (Fsp3) is 0.636. The van der Waals surface area contributed by atoms with Gasteiger partial charge in [0.05, 0.1) is 0 Å². The van der Waals surface area contributed by atoms with Gasteiger partial charge in [0.1, 0.15) is 0 Å². The molecule has 0 N–H and O–H groups in total. The van der Waals surface area contributed by atoms with E-state index in [1.54, 1.807) is 0 Å². The predicted molar refractivity (Wildman–Crippen MR) is 55.8 cm³/mol. The molecule has 0 bridgehead atoms. The molecule has 64 valence electrons. The zero-order valence-corrected chi connectivity index (χ0v) is 8.07. The summed E-state index contributed by atoms with van der Waals surface area (Å²) in [4.78, 5) is 0. The van der Waals surface area contributed by atoms with E-state index in [2.05, 4.69) is 11.8 Å². The zero-order chi connectivity index (χ0) is 8.81. The highest BCUT2D eigenvalue weighted by molar-refractivity contribution is 7.99. The van der Waals surface area contributed by atoms with Crippen molar-refractivity contribution in [3.63, 3.8) is 0 Å². The standard InChI is InChI=1S/C11H14S/c1-3-5-10-7-11(6-4-2)9-12-8-10/h1-2,10-11H,5-9H2. The van der Waals surface area contributed by atoms with E-state index in [4.69, 9.17) is 12.8 Å². The van der Waals surface area contributed by atoms with Gasteiger partial charge in [0, 0.05) is 12.8 Å². The van der Waals surface area contributed by atoms with Crippen LogP contribution in [0.4, 0.5) is 0 Å². The maximum absolute atomic E-state index is 5.28. The highest BCUT2D eigenvalue weighted by Crippen LogP contribution is 2.30. The third kappa shape index (κ3) is 2.84. The molecule has 0 nitrogen and oxygen atoms in total. The summed E-state index contributed by atoms with van der Waals surface area (Å²) in [5, 5.41) is 0. The van der Waals surface area contributed by atoms with Gasteiger partial charge in [0.25, 0.3) is 0 Å². The second-order valence-corrected chi connectivity index (χ2v) is 4.40. The minimum Gasteiger partial charge on any atom is -0.161 e. The molecule has 1 aliphatic heterocycles. The number of rotatable bonds is 2. The van der Waals surface area contributed by atoms with Crippen molar-refractivity contribution < 1.29 is 0 Å². The normalized spacial score (nSPS) is 28.8. The van der Waals surface area contributed by atoms with Gasteiger partial charge in [-0.1, -0.05) is 0 Å². The minimum atomic E-state index is 0.715. The summed E-state index contributed by atoms with van der Waals surface area (Å²) >= 11 is 2.00. The largest absolute Gasteiger partial charge is 0.161 e. The molecule has 0 aliphatic carbocycles. The molecule has 0 radical (unpaired) electrons. The van der Waals surface area contributed by atoms with Crippen LogP contribution < -0.4 is 0 Å². The van der Waals surface area contributed by atoms with E-state index in [0.717, 1.165) is 12.8 Å². The molecule has 0 saturated carbocycles. The summed E-state index contributed by atoms with van der Waals surface area (Å²) in [7, 11) is 0. The van der Waals surface area contributed by atoms with E-state index < -0.39 is 0 Å². The molecule has 12 heavy (non-hydrogen) atoms. The van der Waals surface area contributed by atoms with Gasteiger partial charge in [-0.05, 0) is 29.8 Å². The minimum absolute atomic E-state index is 0.715. The van der Waals surface area contributed by atoms with Crippen LogP contribution in [0.15, 0.2) is 0 Å². The van der Waals surface area contributed by atoms with Crippen LogP contribution in [0.25, 0.3) is 0 Å². The number of terminal acetylenes is 2. The van der Waals surface area contributed by atoms with Crippen molar-refractivity contribution in [1.29, 1.82) is 0 Å². The van der Waals surface area contributed by atoms with Gasteiger partial charge in [-0.15, -0.1) is 24.7 Å². The molecule has 0 aromatic rings. The number of hydrogen-bond donors (Lipinski definition) is 0. The Bertz CT molecular complexity index is 184. The summed E-state index contributed by atoms with van der Waals surface area (Å²) < 4.78 is 0. The summed E-state index contributed by atoms with van der Waals surface area (Å²) in [6, 6.07) is 0. The fourth-order valence-electron chi connectivity index (χ4n) is 1.63. The molecular weight excluding hydrogens is 164 g/mol. The van der Waals surface area contributed by atoms with Crippen molar-refractivity contribution in [3.05, 3.63) is 0 Å². The Hall–Kier alpha value is -0.530. The maximum atomic E-state index is 5.28. The third-order valence-electron chi connectivity index (χ3n) is 2.19. The summed E-state index contributed by atoms with van der Waals surface area (Å²) in [5.41, 5.74) is 0. The van der Waals surface area contributed by atoms with Gasteiger partial charge >= 0.3 is 0 Å². The van der Waals surface area contributed by atoms with Crippen LogP contribution >= 0.6 is 11.8 Å². The Kier molecular flexibility index (Phi) is 4.12. The van der Waals surface area contributed by atoms with Gasteiger partial charge in [0.2, 0.25) is 0 Å². The zero-order valence-electron chi connectivity index (χ0n) is 7.25. The van der Waals surface area contributed by atoms with E-state index in [9.17, 15) is 0 Å². The Labute approximate surface area is 79.5 Å². The molecule has 1 saturated heterocycles. The van der Waals surface area contributed by atoms with E-state index >= 15 is 0 Å². The first-order chi connectivity index (χ1) is 5.86. The Morgan fingerprint density at radius 2 is 1.58 bits per heavy atom. The molecule has 0 amide bonds. The first-order valence-electron chi connectivity index (χ1n) is 4.31. The van der Waals surface area contributed by atoms with E-state index in [-0.39, 0.29) is 0 Å². The Balaban J connectivity index is 2.32. The third-order valence-corrected chi connectivity index (χ3v) is 3.60. The van der Waals surface area contributed by atoms with Crippen LogP contribution in [0.1, 0.15) is 19.3 Å². The van der Waals surface area contributed by atoms with Gasteiger partial charge < -0.3 is 0 Å². The molecule has 0 spiro atoms. The highest BCUT2D eigenvalue weighted by atomic mass is 32.2. The molecule has 1 heteroatoms. The average molecular weight is 178 g/mol. The van der Waals surface area contributed by atoms with E-state index in [1.807, 2.05) is 11.8 Å². The van der Waals surface area contributed by atoms with Crippen LogP contribution in [-0.2, 0) is 0 Å². The van der Waals surface area contributed by atoms with Gasteiger partial charge in [-0.3, -0.25) is 0 Å². The van der Waals surface area contributed by atoms with Crippen molar-refractivity contribution in [2.75, 3.05) is 11.5 Å². The lowest BCUT2D eigenvalue weighted by atomic mass is 9.92. The lowest BCUT2D eigenvalue weighted by Crippen LogP contribution is -2.18. The van der Waals surface area contributed by atoms with Crippen LogP contribution in [0, 0.1) is 36.5 Å². The van der Waals surface area contributed by atoms with Crippen molar-refractivity contribution in [3.8, 4) is 24.7 Å². The molecule has 0 aromatic carbocycles. The van der Waals surface area contributed by atoms with Gasteiger partial charge in [0.15, 0.2) is 0 Å². The van der Waals surface area contributed by atoms with E-state index in [1.165, 1.54) is 17.9 Å². The van der Waals surface area contributed by atoms with Crippen molar-refractivity contribution in [2.24, 2.45) is 11.8 Å². The molecule has 1 rings (SSSR count). The first-order valence-corrected chi connectivity index (χ1v) is 5.47. The highest BCUT2D eigenvalue weighted by Gasteiger charge is 2.20. The van der Waals surface area contributed by atoms with Gasteiger partial charge in [-0.2, -0.15) is 11.8 Å². The van der Waals surface area contributed by atoms with Crippen molar-refractivity contribution >= 4 is 11.8 Å². The summed E-state index contributed by atoms with van der Waals surface area (Å²) in [6.07, 6.45) is 13.6. The Morgan fingerprint density at radius 1 is 1.08 bits per heavy atom. The fourth-order valence-corrected chi connectivity index (χ4v) is 2.94.